The van der Waals surface area contributed by atoms with Gasteiger partial charge in [-0.05, 0) is 66.7 Å². The fourth-order valence-electron chi connectivity index (χ4n) is 2.83. The summed E-state index contributed by atoms with van der Waals surface area (Å²) in [6.45, 7) is 1.55. The van der Waals surface area contributed by atoms with E-state index in [9.17, 15) is 14.4 Å². The topological polar surface area (TPSA) is 115 Å². The summed E-state index contributed by atoms with van der Waals surface area (Å²) < 4.78 is 15.4. The molecule has 0 spiro atoms. The number of aliphatic carboxylic acids is 1. The highest BCUT2D eigenvalue weighted by Gasteiger charge is 2.30. The summed E-state index contributed by atoms with van der Waals surface area (Å²) in [7, 11) is 3.08. The standard InChI is InChI=1S/C23H22N2O7S/c1-4-31-22(29)15-6-8-16(9-7-15)24-23-25(2)21(28)19(33-23)12-14-5-10-17(18(11-14)30-3)32-13-20(26)27/h5-12H,4,13H2,1-3H3,(H,26,27)/b19-12+,24-23?. The Morgan fingerprint density at radius 2 is 1.88 bits per heavy atom. The van der Waals surface area contributed by atoms with E-state index in [-0.39, 0.29) is 11.7 Å². The normalized spacial score (nSPS) is 15.7. The molecule has 1 aliphatic rings. The van der Waals surface area contributed by atoms with Gasteiger partial charge in [-0.2, -0.15) is 0 Å². The Morgan fingerprint density at radius 3 is 2.52 bits per heavy atom. The molecule has 0 saturated carbocycles. The molecule has 1 aliphatic heterocycles. The predicted molar refractivity (Wildman–Crippen MR) is 124 cm³/mol. The van der Waals surface area contributed by atoms with Gasteiger partial charge < -0.3 is 19.3 Å². The second-order valence-corrected chi connectivity index (χ2v) is 7.74. The summed E-state index contributed by atoms with van der Waals surface area (Å²) >= 11 is 1.21. The van der Waals surface area contributed by atoms with Crippen molar-refractivity contribution in [2.75, 3.05) is 27.4 Å². The lowest BCUT2D eigenvalue weighted by Gasteiger charge is -2.09. The molecule has 0 unspecified atom stereocenters. The average Bonchev–Trinajstić information content (AvgIpc) is 3.06. The number of methoxy groups -OCH3 is 1. The Kier molecular flexibility index (Phi) is 7.73. The van der Waals surface area contributed by atoms with Crippen LogP contribution in [0, 0.1) is 0 Å². The minimum Gasteiger partial charge on any atom is -0.493 e. The highest BCUT2D eigenvalue weighted by Crippen LogP contribution is 2.35. The minimum atomic E-state index is -1.10. The van der Waals surface area contributed by atoms with Gasteiger partial charge in [-0.15, -0.1) is 0 Å². The molecule has 9 nitrogen and oxygen atoms in total. The number of hydrogen-bond donors (Lipinski definition) is 1. The van der Waals surface area contributed by atoms with Gasteiger partial charge in [0.2, 0.25) is 0 Å². The van der Waals surface area contributed by atoms with E-state index in [1.807, 2.05) is 0 Å². The maximum atomic E-state index is 12.7. The summed E-state index contributed by atoms with van der Waals surface area (Å²) in [6, 6.07) is 11.5. The lowest BCUT2D eigenvalue weighted by molar-refractivity contribution is -0.139. The Hall–Kier alpha value is -3.79. The predicted octanol–water partition coefficient (Wildman–Crippen LogP) is 3.57. The number of rotatable bonds is 8. The molecule has 1 N–H and O–H groups in total. The number of carboxylic acid groups (broad SMARTS) is 1. The third-order valence-electron chi connectivity index (χ3n) is 4.44. The number of aliphatic imine (C=N–C) groups is 1. The molecular formula is C23H22N2O7S. The van der Waals surface area contributed by atoms with E-state index in [4.69, 9.17) is 19.3 Å². The number of carbonyl (C=O) groups excluding carboxylic acids is 2. The van der Waals surface area contributed by atoms with E-state index in [1.54, 1.807) is 62.5 Å². The zero-order valence-electron chi connectivity index (χ0n) is 18.2. The third-order valence-corrected chi connectivity index (χ3v) is 5.50. The van der Waals surface area contributed by atoms with Crippen LogP contribution in [0.3, 0.4) is 0 Å². The molecule has 1 heterocycles. The van der Waals surface area contributed by atoms with E-state index in [0.29, 0.717) is 39.2 Å². The zero-order valence-corrected chi connectivity index (χ0v) is 19.0. The number of hydrogen-bond acceptors (Lipinski definition) is 8. The average molecular weight is 471 g/mol. The first-order chi connectivity index (χ1) is 15.8. The highest BCUT2D eigenvalue weighted by molar-refractivity contribution is 8.18. The van der Waals surface area contributed by atoms with Gasteiger partial charge in [0.1, 0.15) is 0 Å². The Morgan fingerprint density at radius 1 is 1.15 bits per heavy atom. The van der Waals surface area contributed by atoms with Gasteiger partial charge in [-0.25, -0.2) is 14.6 Å². The first-order valence-corrected chi connectivity index (χ1v) is 10.7. The van der Waals surface area contributed by atoms with Gasteiger partial charge in [0, 0.05) is 7.05 Å². The van der Waals surface area contributed by atoms with Crippen LogP contribution in [0.1, 0.15) is 22.8 Å². The molecule has 0 atom stereocenters. The molecule has 2 aromatic rings. The summed E-state index contributed by atoms with van der Waals surface area (Å²) in [5.41, 5.74) is 1.70. The fraction of sp³-hybridized carbons (Fsp3) is 0.217. The number of amides is 1. The minimum absolute atomic E-state index is 0.216. The van der Waals surface area contributed by atoms with Gasteiger partial charge in [0.05, 0.1) is 29.9 Å². The molecule has 1 fully saturated rings. The van der Waals surface area contributed by atoms with Crippen LogP contribution in [-0.4, -0.2) is 60.4 Å². The van der Waals surface area contributed by atoms with Crippen LogP contribution in [0.2, 0.25) is 0 Å². The molecule has 0 aromatic heterocycles. The number of carbonyl (C=O) groups is 3. The van der Waals surface area contributed by atoms with Crippen molar-refractivity contribution in [3.05, 3.63) is 58.5 Å². The summed E-state index contributed by atoms with van der Waals surface area (Å²) in [5, 5.41) is 9.26. The first kappa shape index (κ1) is 23.9. The van der Waals surface area contributed by atoms with Gasteiger partial charge in [-0.3, -0.25) is 9.69 Å². The van der Waals surface area contributed by atoms with Crippen LogP contribution in [0.5, 0.6) is 11.5 Å². The van der Waals surface area contributed by atoms with Gasteiger partial charge in [0.25, 0.3) is 5.91 Å². The smallest absolute Gasteiger partial charge is 0.341 e. The Labute approximate surface area is 194 Å². The molecule has 0 bridgehead atoms. The van der Waals surface area contributed by atoms with Crippen molar-refractivity contribution < 1.29 is 33.7 Å². The number of ether oxygens (including phenoxy) is 3. The number of carboxylic acids is 1. The van der Waals surface area contributed by atoms with E-state index in [2.05, 4.69) is 4.99 Å². The molecule has 10 heteroatoms. The van der Waals surface area contributed by atoms with Crippen LogP contribution in [0.25, 0.3) is 6.08 Å². The molecule has 1 saturated heterocycles. The second kappa shape index (κ2) is 10.7. The lowest BCUT2D eigenvalue weighted by Crippen LogP contribution is -2.23. The van der Waals surface area contributed by atoms with Crippen LogP contribution in [0.15, 0.2) is 52.4 Å². The van der Waals surface area contributed by atoms with E-state index >= 15 is 0 Å². The number of benzene rings is 2. The van der Waals surface area contributed by atoms with Crippen LogP contribution in [-0.2, 0) is 14.3 Å². The molecule has 1 amide bonds. The maximum absolute atomic E-state index is 12.7. The number of nitrogens with zero attached hydrogens (tertiary/aromatic N) is 2. The number of likely N-dealkylation sites (N-methyl/N-ethyl adjacent to an activating group) is 1. The molecule has 172 valence electrons. The highest BCUT2D eigenvalue weighted by atomic mass is 32.2. The molecular weight excluding hydrogens is 448 g/mol. The molecule has 33 heavy (non-hydrogen) atoms. The molecule has 0 radical (unpaired) electrons. The molecule has 0 aliphatic carbocycles. The van der Waals surface area contributed by atoms with Crippen molar-refractivity contribution in [2.24, 2.45) is 4.99 Å². The summed E-state index contributed by atoms with van der Waals surface area (Å²) in [6.07, 6.45) is 1.69. The van der Waals surface area contributed by atoms with Crippen LogP contribution < -0.4 is 9.47 Å². The Balaban J connectivity index is 1.79. The monoisotopic (exact) mass is 470 g/mol. The zero-order chi connectivity index (χ0) is 24.0. The van der Waals surface area contributed by atoms with E-state index < -0.39 is 18.5 Å². The van der Waals surface area contributed by atoms with Crippen molar-refractivity contribution in [3.63, 3.8) is 0 Å². The van der Waals surface area contributed by atoms with Crippen molar-refractivity contribution >= 4 is 46.5 Å². The summed E-state index contributed by atoms with van der Waals surface area (Å²) in [4.78, 5) is 41.6. The van der Waals surface area contributed by atoms with Crippen LogP contribution >= 0.6 is 11.8 Å². The molecule has 2 aromatic carbocycles. The van der Waals surface area contributed by atoms with Crippen molar-refractivity contribution in [1.82, 2.24) is 4.90 Å². The molecule has 3 rings (SSSR count). The third kappa shape index (κ3) is 5.92. The fourth-order valence-corrected chi connectivity index (χ4v) is 3.82. The van der Waals surface area contributed by atoms with Crippen molar-refractivity contribution in [2.45, 2.75) is 6.92 Å². The van der Waals surface area contributed by atoms with Crippen molar-refractivity contribution in [1.29, 1.82) is 0 Å². The van der Waals surface area contributed by atoms with Crippen molar-refractivity contribution in [3.8, 4) is 11.5 Å². The first-order valence-electron chi connectivity index (χ1n) is 9.88. The van der Waals surface area contributed by atoms with Gasteiger partial charge in [0.15, 0.2) is 23.3 Å². The van der Waals surface area contributed by atoms with E-state index in [1.165, 1.54) is 23.8 Å². The quantitative estimate of drug-likeness (QED) is 0.460. The number of esters is 1. The SMILES string of the molecule is CCOC(=O)c1ccc(N=C2S/C(=C/c3ccc(OCC(=O)O)c(OC)c3)C(=O)N2C)cc1. The second-order valence-electron chi connectivity index (χ2n) is 6.73. The van der Waals surface area contributed by atoms with Gasteiger partial charge in [-0.1, -0.05) is 6.07 Å². The number of amidine groups is 1. The Bertz CT molecular complexity index is 1130. The largest absolute Gasteiger partial charge is 0.493 e. The van der Waals surface area contributed by atoms with E-state index in [0.717, 1.165) is 0 Å². The summed E-state index contributed by atoms with van der Waals surface area (Å²) in [5.74, 6) is -1.07. The maximum Gasteiger partial charge on any atom is 0.341 e. The van der Waals surface area contributed by atoms with Gasteiger partial charge >= 0.3 is 11.9 Å². The number of thioether (sulfide) groups is 1. The van der Waals surface area contributed by atoms with Crippen LogP contribution in [0.4, 0.5) is 5.69 Å². The lowest BCUT2D eigenvalue weighted by atomic mass is 10.2.